The lowest BCUT2D eigenvalue weighted by atomic mass is 10.2. The Morgan fingerprint density at radius 2 is 2.27 bits per heavy atom. The molecule has 1 N–H and O–H groups in total. The van der Waals surface area contributed by atoms with Crippen LogP contribution in [0, 0.1) is 5.82 Å². The number of morpholine rings is 1. The van der Waals surface area contributed by atoms with Gasteiger partial charge in [-0.2, -0.15) is 0 Å². The minimum absolute atomic E-state index is 0.0695. The van der Waals surface area contributed by atoms with Gasteiger partial charge in [0.05, 0.1) is 13.2 Å². The van der Waals surface area contributed by atoms with Crippen molar-refractivity contribution in [1.82, 2.24) is 15.2 Å². The molecule has 138 valence electrons. The Balaban J connectivity index is 1.60. The van der Waals surface area contributed by atoms with Crippen LogP contribution in [0.25, 0.3) is 0 Å². The Morgan fingerprint density at radius 3 is 3.08 bits per heavy atom. The van der Waals surface area contributed by atoms with Crippen LogP contribution in [0.5, 0.6) is 11.6 Å². The highest BCUT2D eigenvalue weighted by Gasteiger charge is 2.27. The molecule has 26 heavy (non-hydrogen) atoms. The van der Waals surface area contributed by atoms with Crippen molar-refractivity contribution in [2.24, 2.45) is 0 Å². The van der Waals surface area contributed by atoms with Crippen LogP contribution in [-0.4, -0.2) is 48.1 Å². The predicted molar refractivity (Wildman–Crippen MR) is 94.4 cm³/mol. The number of ether oxygens (including phenoxy) is 2. The van der Waals surface area contributed by atoms with E-state index >= 15 is 0 Å². The SMILES string of the molecule is CCN1CCOCC1C(=O)NCc1ccnc(Oc2ccccc2F)c1. The average Bonchev–Trinajstić information content (AvgIpc) is 2.68. The Morgan fingerprint density at radius 1 is 1.42 bits per heavy atom. The minimum Gasteiger partial charge on any atom is -0.436 e. The van der Waals surface area contributed by atoms with Crippen molar-refractivity contribution in [2.45, 2.75) is 19.5 Å². The maximum Gasteiger partial charge on any atom is 0.240 e. The van der Waals surface area contributed by atoms with E-state index in [2.05, 4.69) is 15.2 Å². The highest BCUT2D eigenvalue weighted by molar-refractivity contribution is 5.82. The molecule has 3 rings (SSSR count). The average molecular weight is 359 g/mol. The van der Waals surface area contributed by atoms with Crippen LogP contribution in [0.2, 0.25) is 0 Å². The van der Waals surface area contributed by atoms with Crippen molar-refractivity contribution >= 4 is 5.91 Å². The summed E-state index contributed by atoms with van der Waals surface area (Å²) in [6.45, 7) is 4.97. The number of carbonyl (C=O) groups excluding carboxylic acids is 1. The third-order valence-electron chi connectivity index (χ3n) is 4.27. The van der Waals surface area contributed by atoms with Crippen LogP contribution < -0.4 is 10.1 Å². The van der Waals surface area contributed by atoms with E-state index in [1.807, 2.05) is 6.92 Å². The monoisotopic (exact) mass is 359 g/mol. The number of benzene rings is 1. The summed E-state index contributed by atoms with van der Waals surface area (Å²) >= 11 is 0. The zero-order valence-corrected chi connectivity index (χ0v) is 14.7. The van der Waals surface area contributed by atoms with Crippen molar-refractivity contribution < 1.29 is 18.7 Å². The van der Waals surface area contributed by atoms with Gasteiger partial charge in [-0.05, 0) is 30.3 Å². The van der Waals surface area contributed by atoms with Crippen molar-refractivity contribution in [3.05, 3.63) is 54.0 Å². The molecule has 0 radical (unpaired) electrons. The molecule has 6 nitrogen and oxygen atoms in total. The number of hydrogen-bond donors (Lipinski definition) is 1. The molecule has 1 aliphatic rings. The number of carbonyl (C=O) groups is 1. The number of nitrogens with zero attached hydrogens (tertiary/aromatic N) is 2. The van der Waals surface area contributed by atoms with Gasteiger partial charge in [0.25, 0.3) is 0 Å². The van der Waals surface area contributed by atoms with Gasteiger partial charge in [0.15, 0.2) is 11.6 Å². The molecule has 0 bridgehead atoms. The molecule has 1 fully saturated rings. The third kappa shape index (κ3) is 4.56. The van der Waals surface area contributed by atoms with Crippen molar-refractivity contribution in [3.63, 3.8) is 0 Å². The first-order chi connectivity index (χ1) is 12.7. The molecular formula is C19H22FN3O3. The van der Waals surface area contributed by atoms with Gasteiger partial charge in [-0.1, -0.05) is 19.1 Å². The lowest BCUT2D eigenvalue weighted by Gasteiger charge is -2.33. The van der Waals surface area contributed by atoms with E-state index in [1.54, 1.807) is 30.5 Å². The largest absolute Gasteiger partial charge is 0.436 e. The maximum absolute atomic E-state index is 13.7. The van der Waals surface area contributed by atoms with Gasteiger partial charge in [-0.25, -0.2) is 9.37 Å². The van der Waals surface area contributed by atoms with Gasteiger partial charge in [-0.3, -0.25) is 9.69 Å². The third-order valence-corrected chi connectivity index (χ3v) is 4.27. The van der Waals surface area contributed by atoms with E-state index in [1.165, 1.54) is 12.1 Å². The normalized spacial score (nSPS) is 17.7. The van der Waals surface area contributed by atoms with Gasteiger partial charge < -0.3 is 14.8 Å². The molecule has 2 aromatic rings. The summed E-state index contributed by atoms with van der Waals surface area (Å²) in [7, 11) is 0. The number of aromatic nitrogens is 1. The Bertz CT molecular complexity index is 756. The molecule has 1 saturated heterocycles. The van der Waals surface area contributed by atoms with Crippen LogP contribution in [-0.2, 0) is 16.1 Å². The number of hydrogen-bond acceptors (Lipinski definition) is 5. The molecule has 0 aliphatic carbocycles. The summed E-state index contributed by atoms with van der Waals surface area (Å²) in [5.74, 6) is -0.137. The Hall–Kier alpha value is -2.51. The molecule has 1 atom stereocenters. The predicted octanol–water partition coefficient (Wildman–Crippen LogP) is 2.35. The summed E-state index contributed by atoms with van der Waals surface area (Å²) in [5.41, 5.74) is 0.819. The lowest BCUT2D eigenvalue weighted by Crippen LogP contribution is -2.53. The fraction of sp³-hybridized carbons (Fsp3) is 0.368. The van der Waals surface area contributed by atoms with E-state index in [9.17, 15) is 9.18 Å². The van der Waals surface area contributed by atoms with E-state index in [4.69, 9.17) is 9.47 Å². The Kier molecular flexibility index (Phi) is 6.14. The first kappa shape index (κ1) is 18.3. The number of rotatable bonds is 6. The highest BCUT2D eigenvalue weighted by atomic mass is 19.1. The standard InChI is InChI=1S/C19H22FN3O3/c1-2-23-9-10-25-13-16(23)19(24)22-12-14-7-8-21-18(11-14)26-17-6-4-3-5-15(17)20/h3-8,11,16H,2,9-10,12-13H2,1H3,(H,22,24). The quantitative estimate of drug-likeness (QED) is 0.858. The van der Waals surface area contributed by atoms with Crippen LogP contribution in [0.3, 0.4) is 0 Å². The van der Waals surface area contributed by atoms with Gasteiger partial charge in [0.1, 0.15) is 6.04 Å². The van der Waals surface area contributed by atoms with E-state index in [0.29, 0.717) is 19.8 Å². The summed E-state index contributed by atoms with van der Waals surface area (Å²) < 4.78 is 24.6. The highest BCUT2D eigenvalue weighted by Crippen LogP contribution is 2.22. The zero-order valence-electron chi connectivity index (χ0n) is 14.7. The van der Waals surface area contributed by atoms with Crippen molar-refractivity contribution in [2.75, 3.05) is 26.3 Å². The molecule has 1 aromatic carbocycles. The smallest absolute Gasteiger partial charge is 0.240 e. The van der Waals surface area contributed by atoms with Gasteiger partial charge >= 0.3 is 0 Å². The van der Waals surface area contributed by atoms with E-state index in [0.717, 1.165) is 18.7 Å². The van der Waals surface area contributed by atoms with Gasteiger partial charge in [0.2, 0.25) is 11.8 Å². The molecule has 2 heterocycles. The van der Waals surface area contributed by atoms with Crippen molar-refractivity contribution in [3.8, 4) is 11.6 Å². The van der Waals surface area contributed by atoms with Gasteiger partial charge in [-0.15, -0.1) is 0 Å². The minimum atomic E-state index is -0.454. The van der Waals surface area contributed by atoms with Crippen molar-refractivity contribution in [1.29, 1.82) is 0 Å². The molecule has 1 aromatic heterocycles. The fourth-order valence-corrected chi connectivity index (χ4v) is 2.82. The second kappa shape index (κ2) is 8.73. The summed E-state index contributed by atoms with van der Waals surface area (Å²) in [6, 6.07) is 9.33. The fourth-order valence-electron chi connectivity index (χ4n) is 2.82. The van der Waals surface area contributed by atoms with Crippen LogP contribution in [0.1, 0.15) is 12.5 Å². The van der Waals surface area contributed by atoms with Crippen LogP contribution in [0.15, 0.2) is 42.6 Å². The van der Waals surface area contributed by atoms with E-state index < -0.39 is 5.82 Å². The molecular weight excluding hydrogens is 337 g/mol. The second-order valence-corrected chi connectivity index (χ2v) is 5.97. The molecule has 0 spiro atoms. The summed E-state index contributed by atoms with van der Waals surface area (Å²) in [4.78, 5) is 18.6. The van der Waals surface area contributed by atoms with Crippen LogP contribution >= 0.6 is 0 Å². The topological polar surface area (TPSA) is 63.7 Å². The molecule has 1 unspecified atom stereocenters. The Labute approximate surface area is 151 Å². The van der Waals surface area contributed by atoms with Crippen LogP contribution in [0.4, 0.5) is 4.39 Å². The van der Waals surface area contributed by atoms with Gasteiger partial charge in [0, 0.05) is 25.4 Å². The summed E-state index contributed by atoms with van der Waals surface area (Å²) in [6.07, 6.45) is 1.57. The molecule has 0 saturated carbocycles. The summed E-state index contributed by atoms with van der Waals surface area (Å²) in [5, 5.41) is 2.92. The number of amides is 1. The molecule has 1 amide bonds. The number of likely N-dealkylation sites (N-methyl/N-ethyl adjacent to an activating group) is 1. The number of nitrogens with one attached hydrogen (secondary N) is 1. The number of halogens is 1. The first-order valence-electron chi connectivity index (χ1n) is 8.64. The maximum atomic E-state index is 13.7. The van der Waals surface area contributed by atoms with E-state index in [-0.39, 0.29) is 23.6 Å². The zero-order chi connectivity index (χ0) is 18.4. The lowest BCUT2D eigenvalue weighted by molar-refractivity contribution is -0.132. The number of pyridine rings is 1. The molecule has 1 aliphatic heterocycles. The second-order valence-electron chi connectivity index (χ2n) is 5.97. The first-order valence-corrected chi connectivity index (χ1v) is 8.64. The molecule has 7 heteroatoms. The number of para-hydroxylation sites is 1.